The molecule has 0 spiro atoms. The molecule has 0 amide bonds. The lowest BCUT2D eigenvalue weighted by molar-refractivity contribution is 0.544. The molecule has 3 nitrogen and oxygen atoms in total. The summed E-state index contributed by atoms with van der Waals surface area (Å²) in [5, 5.41) is 3.25. The van der Waals surface area contributed by atoms with Gasteiger partial charge in [-0.25, -0.2) is 4.98 Å². The molecule has 134 valence electrons. The van der Waals surface area contributed by atoms with Crippen LogP contribution in [0.15, 0.2) is 12.1 Å². The van der Waals surface area contributed by atoms with Gasteiger partial charge in [-0.2, -0.15) is 0 Å². The van der Waals surface area contributed by atoms with Gasteiger partial charge < -0.3 is 9.88 Å². The molecule has 0 bridgehead atoms. The van der Waals surface area contributed by atoms with Crippen LogP contribution in [0.5, 0.6) is 0 Å². The van der Waals surface area contributed by atoms with E-state index in [-0.39, 0.29) is 0 Å². The fourth-order valence-electron chi connectivity index (χ4n) is 3.33. The number of likely N-dealkylation sites (N-methyl/N-ethyl adjacent to an activating group) is 1. The van der Waals surface area contributed by atoms with E-state index in [0.717, 1.165) is 25.0 Å². The lowest BCUT2D eigenvalue weighted by atomic mass is 10.1. The van der Waals surface area contributed by atoms with E-state index in [9.17, 15) is 0 Å². The molecule has 0 saturated heterocycles. The minimum atomic E-state index is 0.984. The number of nitrogens with one attached hydrogen (secondary N) is 1. The number of benzene rings is 1. The van der Waals surface area contributed by atoms with Crippen molar-refractivity contribution in [1.29, 1.82) is 0 Å². The number of imidazole rings is 1. The number of aromatic nitrogens is 2. The summed E-state index contributed by atoms with van der Waals surface area (Å²) in [5.74, 6) is 1.23. The molecule has 1 N–H and O–H groups in total. The van der Waals surface area contributed by atoms with Gasteiger partial charge in [0.2, 0.25) is 0 Å². The molecule has 1 aromatic heterocycles. The summed E-state index contributed by atoms with van der Waals surface area (Å²) in [6.45, 7) is 8.75. The fourth-order valence-corrected chi connectivity index (χ4v) is 3.33. The third-order valence-corrected chi connectivity index (χ3v) is 5.03. The molecule has 0 aliphatic rings. The second-order valence-electron chi connectivity index (χ2n) is 7.08. The van der Waals surface area contributed by atoms with Gasteiger partial charge in [0.15, 0.2) is 0 Å². The second-order valence-corrected chi connectivity index (χ2v) is 7.08. The normalized spacial score (nSPS) is 11.5. The van der Waals surface area contributed by atoms with Crippen molar-refractivity contribution in [3.8, 4) is 0 Å². The number of fused-ring (bicyclic) bond motifs is 1. The second kappa shape index (κ2) is 9.83. The van der Waals surface area contributed by atoms with E-state index >= 15 is 0 Å². The lowest BCUT2D eigenvalue weighted by Crippen LogP contribution is -2.14. The van der Waals surface area contributed by atoms with E-state index in [2.05, 4.69) is 42.8 Å². The summed E-state index contributed by atoms with van der Waals surface area (Å²) < 4.78 is 2.46. The van der Waals surface area contributed by atoms with Crippen LogP contribution in [0, 0.1) is 13.8 Å². The molecule has 24 heavy (non-hydrogen) atoms. The van der Waals surface area contributed by atoms with Crippen molar-refractivity contribution >= 4 is 11.0 Å². The monoisotopic (exact) mass is 329 g/mol. The highest BCUT2D eigenvalue weighted by atomic mass is 15.1. The minimum absolute atomic E-state index is 0.984. The van der Waals surface area contributed by atoms with E-state index < -0.39 is 0 Å². The first kappa shape index (κ1) is 19.0. The molecule has 0 unspecified atom stereocenters. The molecular weight excluding hydrogens is 294 g/mol. The zero-order chi connectivity index (χ0) is 17.4. The van der Waals surface area contributed by atoms with Crippen LogP contribution in [0.2, 0.25) is 0 Å². The number of hydrogen-bond donors (Lipinski definition) is 1. The summed E-state index contributed by atoms with van der Waals surface area (Å²) in [6.07, 6.45) is 10.5. The Morgan fingerprint density at radius 2 is 1.62 bits per heavy atom. The Morgan fingerprint density at radius 1 is 0.958 bits per heavy atom. The summed E-state index contributed by atoms with van der Waals surface area (Å²) >= 11 is 0. The third-order valence-electron chi connectivity index (χ3n) is 5.03. The first-order valence-corrected chi connectivity index (χ1v) is 9.78. The van der Waals surface area contributed by atoms with Crippen molar-refractivity contribution in [2.24, 2.45) is 0 Å². The third kappa shape index (κ3) is 5.07. The maximum absolute atomic E-state index is 4.91. The smallest absolute Gasteiger partial charge is 0.111 e. The van der Waals surface area contributed by atoms with Gasteiger partial charge in [-0.05, 0) is 50.6 Å². The van der Waals surface area contributed by atoms with Gasteiger partial charge in [0.05, 0.1) is 11.0 Å². The quantitative estimate of drug-likeness (QED) is 0.577. The number of aryl methyl sites for hydroxylation is 3. The highest BCUT2D eigenvalue weighted by Crippen LogP contribution is 2.22. The van der Waals surface area contributed by atoms with Gasteiger partial charge in [0.1, 0.15) is 5.82 Å². The Bertz CT molecular complexity index is 628. The molecule has 1 aromatic carbocycles. The minimum Gasteiger partial charge on any atom is -0.328 e. The number of nitrogens with zero attached hydrogens (tertiary/aromatic N) is 2. The lowest BCUT2D eigenvalue weighted by Gasteiger charge is -2.10. The Hall–Kier alpha value is -1.35. The predicted octanol–water partition coefficient (Wildman–Crippen LogP) is 5.17. The molecule has 0 radical (unpaired) electrons. The van der Waals surface area contributed by atoms with Crippen molar-refractivity contribution in [3.63, 3.8) is 0 Å². The SMILES string of the molecule is CCCCCCCCCn1c(CCNC)nc2cc(C)c(C)cc21. The van der Waals surface area contributed by atoms with Crippen LogP contribution < -0.4 is 5.32 Å². The number of rotatable bonds is 11. The molecule has 0 fully saturated rings. The fraction of sp³-hybridized carbons (Fsp3) is 0.667. The largest absolute Gasteiger partial charge is 0.328 e. The van der Waals surface area contributed by atoms with Crippen molar-refractivity contribution in [1.82, 2.24) is 14.9 Å². The topological polar surface area (TPSA) is 29.9 Å². The zero-order valence-electron chi connectivity index (χ0n) is 16.1. The first-order valence-electron chi connectivity index (χ1n) is 9.78. The van der Waals surface area contributed by atoms with Gasteiger partial charge in [-0.1, -0.05) is 45.4 Å². The summed E-state index contributed by atoms with van der Waals surface area (Å²) in [6, 6.07) is 4.57. The van der Waals surface area contributed by atoms with Crippen LogP contribution >= 0.6 is 0 Å². The van der Waals surface area contributed by atoms with E-state index in [1.54, 1.807) is 0 Å². The summed E-state index contributed by atoms with van der Waals surface area (Å²) in [7, 11) is 2.01. The van der Waals surface area contributed by atoms with E-state index in [1.165, 1.54) is 67.4 Å². The van der Waals surface area contributed by atoms with Crippen LogP contribution in [-0.4, -0.2) is 23.1 Å². The first-order chi connectivity index (χ1) is 11.7. The summed E-state index contributed by atoms with van der Waals surface area (Å²) in [4.78, 5) is 4.91. The van der Waals surface area contributed by atoms with E-state index in [1.807, 2.05) is 7.05 Å². The van der Waals surface area contributed by atoms with Crippen LogP contribution in [0.1, 0.15) is 68.8 Å². The average molecular weight is 330 g/mol. The Balaban J connectivity index is 2.03. The molecule has 0 aliphatic heterocycles. The van der Waals surface area contributed by atoms with Gasteiger partial charge in [0.25, 0.3) is 0 Å². The molecule has 2 rings (SSSR count). The number of hydrogen-bond acceptors (Lipinski definition) is 2. The molecule has 1 heterocycles. The maximum Gasteiger partial charge on any atom is 0.111 e. The van der Waals surface area contributed by atoms with Gasteiger partial charge >= 0.3 is 0 Å². The van der Waals surface area contributed by atoms with Crippen LogP contribution in [-0.2, 0) is 13.0 Å². The molecule has 2 aromatic rings. The van der Waals surface area contributed by atoms with Crippen molar-refractivity contribution < 1.29 is 0 Å². The molecule has 0 aliphatic carbocycles. The molecule has 0 atom stereocenters. The van der Waals surface area contributed by atoms with Crippen LogP contribution in [0.3, 0.4) is 0 Å². The van der Waals surface area contributed by atoms with Crippen LogP contribution in [0.4, 0.5) is 0 Å². The van der Waals surface area contributed by atoms with Gasteiger partial charge in [-0.15, -0.1) is 0 Å². The Kier molecular flexibility index (Phi) is 7.77. The highest BCUT2D eigenvalue weighted by molar-refractivity contribution is 5.78. The highest BCUT2D eigenvalue weighted by Gasteiger charge is 2.11. The van der Waals surface area contributed by atoms with E-state index in [4.69, 9.17) is 4.98 Å². The Morgan fingerprint density at radius 3 is 2.33 bits per heavy atom. The maximum atomic E-state index is 4.91. The standard InChI is InChI=1S/C21H35N3/c1-5-6-7-8-9-10-11-14-24-20-16-18(3)17(2)15-19(20)23-21(24)12-13-22-4/h15-16,22H,5-14H2,1-4H3. The van der Waals surface area contributed by atoms with Crippen molar-refractivity contribution in [3.05, 3.63) is 29.1 Å². The molecular formula is C21H35N3. The zero-order valence-corrected chi connectivity index (χ0v) is 16.1. The summed E-state index contributed by atoms with van der Waals surface area (Å²) in [5.41, 5.74) is 5.17. The molecule has 3 heteroatoms. The van der Waals surface area contributed by atoms with Gasteiger partial charge in [0, 0.05) is 19.5 Å². The predicted molar refractivity (Wildman–Crippen MR) is 105 cm³/mol. The average Bonchev–Trinajstić information content (AvgIpc) is 2.89. The van der Waals surface area contributed by atoms with E-state index in [0.29, 0.717) is 0 Å². The number of unbranched alkanes of at least 4 members (excludes halogenated alkanes) is 6. The molecule has 0 saturated carbocycles. The Labute approximate surface area is 147 Å². The van der Waals surface area contributed by atoms with Crippen molar-refractivity contribution in [2.45, 2.75) is 78.7 Å². The van der Waals surface area contributed by atoms with Gasteiger partial charge in [-0.3, -0.25) is 0 Å². The van der Waals surface area contributed by atoms with Crippen LogP contribution in [0.25, 0.3) is 11.0 Å². The van der Waals surface area contributed by atoms with Crippen molar-refractivity contribution in [2.75, 3.05) is 13.6 Å².